The van der Waals surface area contributed by atoms with Gasteiger partial charge < -0.3 is 4.74 Å². The van der Waals surface area contributed by atoms with Crippen molar-refractivity contribution in [1.82, 2.24) is 14.1 Å². The van der Waals surface area contributed by atoms with Crippen molar-refractivity contribution < 1.29 is 60.0 Å². The zero-order chi connectivity index (χ0) is 96.0. The van der Waals surface area contributed by atoms with Crippen molar-refractivity contribution in [1.29, 1.82) is 0 Å². The monoisotopic (exact) mass is 1270 g/mol. The summed E-state index contributed by atoms with van der Waals surface area (Å²) in [5, 5.41) is -3.32. The van der Waals surface area contributed by atoms with E-state index in [-0.39, 0.29) is 50.4 Å². The number of rotatable bonds is 12. The molecule has 3 aromatic heterocycles. The van der Waals surface area contributed by atoms with Crippen molar-refractivity contribution in [2.45, 2.75) is 103 Å². The van der Waals surface area contributed by atoms with E-state index in [0.29, 0.717) is 22.2 Å². The van der Waals surface area contributed by atoms with E-state index >= 15 is 0 Å². The number of pyridine rings is 1. The lowest BCUT2D eigenvalue weighted by Crippen LogP contribution is -2.74. The Balaban J connectivity index is 0.983. The Morgan fingerprint density at radius 3 is 1.83 bits per heavy atom. The molecule has 0 N–H and O–H groups in total. The third-order valence-corrected chi connectivity index (χ3v) is 22.4. The fourth-order valence-electron chi connectivity index (χ4n) is 13.7. The number of fused-ring (bicyclic) bond motifs is 6. The van der Waals surface area contributed by atoms with Gasteiger partial charge >= 0.3 is 0 Å². The maximum Gasteiger partial charge on any atom is 0.269 e. The molecule has 460 valence electrons. The highest BCUT2D eigenvalue weighted by atomic mass is 28.3. The standard InChI is InChI=1S/C88H78N4OSi/c1-59-50-83(89-56-74(59)62-43-46-75-77(53-62)86(4,5)49-48-85(75,2)3)92-79-39-20-19-36-72(79)73-45-44-65(55-82(73)92)93-64-28-24-27-63(54-64)90-58-91(81-41-22-21-40-80(81)90)84-70(37-25-38-71(84)61-42-47-76-78(52-61)88(8,9)57-87(76,6)7)60-26-23-35-69(51-60)94(66-29-13-10-14-30-66,67-31-15-11-16-32-67)68-33-17-12-18-34-68/h10-47,50-56H,48-49,57H2,1-9H3/i1D3,6D3,7D3,8D3,9D3,10D,11D,12D,13D,14D,15D,16D,17D,18D,23D,26D,29D,30D,31D,32D,33D,34D,35D,42D,47D,51D,52D. The third-order valence-electron chi connectivity index (χ3n) is 18.4. The van der Waals surface area contributed by atoms with Gasteiger partial charge in [-0.1, -0.05) is 273 Å². The number of para-hydroxylation sites is 4. The summed E-state index contributed by atoms with van der Waals surface area (Å²) < 4.78 is 361. The maximum atomic E-state index is 11.1. The molecular weight excluding hydrogens is 1160 g/mol. The fraction of sp³-hybridized carbons (Fsp3) is 0.182. The van der Waals surface area contributed by atoms with Gasteiger partial charge in [-0.15, -0.1) is 0 Å². The van der Waals surface area contributed by atoms with E-state index in [0.717, 1.165) is 47.4 Å². The maximum absolute atomic E-state index is 11.1. The van der Waals surface area contributed by atoms with Crippen LogP contribution in [0.1, 0.15) is 153 Å². The highest BCUT2D eigenvalue weighted by Gasteiger charge is 2.44. The van der Waals surface area contributed by atoms with Gasteiger partial charge in [-0.05, 0) is 167 Å². The van der Waals surface area contributed by atoms with Gasteiger partial charge in [-0.2, -0.15) is 0 Å². The summed E-state index contributed by atoms with van der Waals surface area (Å²) in [6.45, 7) is -9.81. The van der Waals surface area contributed by atoms with Crippen LogP contribution < -0.4 is 30.1 Å². The molecule has 11 aromatic carbocycles. The number of imidazole rings is 1. The summed E-state index contributed by atoms with van der Waals surface area (Å²) in [5.41, 5.74) is -9.11. The molecule has 2 aliphatic carbocycles. The van der Waals surface area contributed by atoms with Gasteiger partial charge in [0.05, 0.1) is 63.6 Å². The Labute approximate surface area is 606 Å². The van der Waals surface area contributed by atoms with Crippen LogP contribution in [0.5, 0.6) is 11.5 Å². The molecule has 0 unspecified atom stereocenters. The van der Waals surface area contributed by atoms with Gasteiger partial charge in [0.25, 0.3) is 6.33 Å². The number of hydrogen-bond donors (Lipinski definition) is 0. The lowest BCUT2D eigenvalue weighted by atomic mass is 9.63. The van der Waals surface area contributed by atoms with Crippen molar-refractivity contribution in [3.05, 3.63) is 307 Å². The zero-order valence-corrected chi connectivity index (χ0v) is 52.1. The summed E-state index contributed by atoms with van der Waals surface area (Å²) in [4.78, 5) is 5.01. The quantitative estimate of drug-likeness (QED) is 0.0529. The summed E-state index contributed by atoms with van der Waals surface area (Å²) in [6, 6.07) is 8.15. The molecule has 16 rings (SSSR count). The van der Waals surface area contributed by atoms with E-state index in [4.69, 9.17) is 34.4 Å². The average Bonchev–Trinajstić information content (AvgIpc) is 1.54. The first-order valence-electron chi connectivity index (χ1n) is 48.9. The Morgan fingerprint density at radius 1 is 0.489 bits per heavy atom. The fourth-order valence-corrected chi connectivity index (χ4v) is 17.3. The molecule has 0 aliphatic heterocycles. The van der Waals surface area contributed by atoms with Gasteiger partial charge in [0, 0.05) is 49.2 Å². The van der Waals surface area contributed by atoms with E-state index in [9.17, 15) is 26.0 Å². The minimum absolute atomic E-state index is 0.0131. The predicted molar refractivity (Wildman–Crippen MR) is 393 cm³/mol. The normalized spacial score (nSPS) is 21.6. The Hall–Kier alpha value is -10.1. The van der Waals surface area contributed by atoms with E-state index in [2.05, 4.69) is 46.2 Å². The van der Waals surface area contributed by atoms with Crippen molar-refractivity contribution >= 4 is 61.7 Å². The molecular formula is C88H78N4OSi. The van der Waals surface area contributed by atoms with Crippen molar-refractivity contribution in [2.75, 3.05) is 0 Å². The summed E-state index contributed by atoms with van der Waals surface area (Å²) in [6.07, 6.45) is 4.91. The molecule has 0 saturated carbocycles. The van der Waals surface area contributed by atoms with E-state index < -0.39 is 252 Å². The number of aryl methyl sites for hydroxylation is 1. The first-order valence-corrected chi connectivity index (χ1v) is 32.4. The second-order valence-corrected chi connectivity index (χ2v) is 28.7. The molecule has 94 heavy (non-hydrogen) atoms. The van der Waals surface area contributed by atoms with Crippen LogP contribution in [-0.2, 0) is 21.7 Å². The Morgan fingerprint density at radius 2 is 1.12 bits per heavy atom. The van der Waals surface area contributed by atoms with Crippen LogP contribution in [0.3, 0.4) is 0 Å². The molecule has 0 fully saturated rings. The van der Waals surface area contributed by atoms with Crippen LogP contribution in [-0.4, -0.2) is 22.2 Å². The Bertz CT molecular complexity index is 6990. The Kier molecular flexibility index (Phi) is 7.39. The molecule has 6 heteroatoms. The van der Waals surface area contributed by atoms with Gasteiger partial charge in [0.1, 0.15) is 17.3 Å². The third kappa shape index (κ3) is 9.70. The molecule has 2 aliphatic rings. The molecule has 3 heterocycles. The van der Waals surface area contributed by atoms with Gasteiger partial charge in [0.2, 0.25) is 0 Å². The largest absolute Gasteiger partial charge is 0.458 e. The minimum atomic E-state index is -6.64. The highest BCUT2D eigenvalue weighted by molar-refractivity contribution is 7.19. The molecule has 0 spiro atoms. The second kappa shape index (κ2) is 22.3. The first-order chi connectivity index (χ1) is 60.8. The predicted octanol–water partition coefficient (Wildman–Crippen LogP) is 19.0. The topological polar surface area (TPSA) is 35.9 Å². The SMILES string of the molecule is [2H]c1c([2H])c([2H])c([Si](c2c([2H])c([2H])c([2H])c([2H])c2[2H])(c2c([2H])c([2H])c([2H])c([2H])c2[2H])c2c([2H])c([2H])c([2H])c(-c3cccc(-c4c([2H])c([2H])c5c(c4[2H])C(C([2H])([2H])[2H])(C([2H])([2H])[2H])CC5(C([2H])([2H])[2H])C([2H])([2H])[2H])c3-[n+]3[c-]n(-c4cccc(Oc5ccc6c7ccccc7n(-c7cc(C([2H])([2H])[2H])c(-c8ccc9c(c8)C(C)(C)CCC9(C)C)cn7)c6c5)c4)c4ccccc43)c2[2H])c([2H])c1[2H]. The smallest absolute Gasteiger partial charge is 0.269 e. The zero-order valence-electron chi connectivity index (χ0n) is 88.1. The number of aromatic nitrogens is 4. The van der Waals surface area contributed by atoms with E-state index in [1.165, 1.54) is 26.8 Å². The molecule has 0 atom stereocenters. The number of nitrogens with zero attached hydrogens (tertiary/aromatic N) is 4. The van der Waals surface area contributed by atoms with Crippen molar-refractivity contribution in [3.8, 4) is 62.1 Å². The molecule has 5 nitrogen and oxygen atoms in total. The van der Waals surface area contributed by atoms with Crippen LogP contribution in [0.25, 0.3) is 83.4 Å². The molecule has 0 amide bonds. The summed E-state index contributed by atoms with van der Waals surface area (Å²) >= 11 is 0. The van der Waals surface area contributed by atoms with Crippen LogP contribution in [0.2, 0.25) is 0 Å². The first kappa shape index (κ1) is 31.2. The minimum Gasteiger partial charge on any atom is -0.458 e. The van der Waals surface area contributed by atoms with Crippen molar-refractivity contribution in [2.24, 2.45) is 0 Å². The summed E-state index contributed by atoms with van der Waals surface area (Å²) in [5.74, 6) is 0.641. The van der Waals surface area contributed by atoms with E-state index in [1.807, 2.05) is 41.0 Å². The van der Waals surface area contributed by atoms with Crippen LogP contribution >= 0.6 is 0 Å². The van der Waals surface area contributed by atoms with Crippen LogP contribution in [0.4, 0.5) is 0 Å². The molecule has 0 bridgehead atoms. The summed E-state index contributed by atoms with van der Waals surface area (Å²) in [7, 11) is -6.64. The average molecular weight is 1270 g/mol. The molecule has 0 saturated heterocycles. The lowest BCUT2D eigenvalue weighted by Gasteiger charge is -2.42. The van der Waals surface area contributed by atoms with E-state index in [1.54, 1.807) is 60.8 Å². The lowest BCUT2D eigenvalue weighted by molar-refractivity contribution is -0.571. The number of hydrogen-bond acceptors (Lipinski definition) is 2. The van der Waals surface area contributed by atoms with Gasteiger partial charge in [-0.3, -0.25) is 13.7 Å². The van der Waals surface area contributed by atoms with Crippen LogP contribution in [0, 0.1) is 13.2 Å². The number of ether oxygens (including phenoxy) is 1. The van der Waals surface area contributed by atoms with Gasteiger partial charge in [-0.25, -0.2) is 4.98 Å². The van der Waals surface area contributed by atoms with Gasteiger partial charge in [0.15, 0.2) is 8.07 Å². The van der Waals surface area contributed by atoms with Crippen LogP contribution in [0.15, 0.2) is 273 Å². The number of benzene rings is 11. The second-order valence-electron chi connectivity index (χ2n) is 25.2. The van der Waals surface area contributed by atoms with Crippen molar-refractivity contribution in [3.63, 3.8) is 0 Å². The molecule has 14 aromatic rings. The highest BCUT2D eigenvalue weighted by Crippen LogP contribution is 2.51. The molecule has 0 radical (unpaired) electrons.